The van der Waals surface area contributed by atoms with E-state index < -0.39 is 98.0 Å². The van der Waals surface area contributed by atoms with Crippen molar-refractivity contribution < 1.29 is 57.5 Å². The quantitative estimate of drug-likeness (QED) is 0.0299. The fourth-order valence-electron chi connectivity index (χ4n) is 16.2. The van der Waals surface area contributed by atoms with Gasteiger partial charge < -0.3 is 76.3 Å². The number of nitrogens with one attached hydrogen (secondary N) is 1. The molecule has 0 heterocycles. The van der Waals surface area contributed by atoms with Crippen molar-refractivity contribution in [2.24, 2.45) is 17.2 Å². The Kier molecular flexibility index (Phi) is 62.3. The molecule has 0 aromatic heterocycles. The van der Waals surface area contributed by atoms with E-state index >= 15 is 33.6 Å². The molecule has 0 aliphatic rings. The van der Waals surface area contributed by atoms with Gasteiger partial charge in [-0.3, -0.25) is 52.7 Å². The van der Waals surface area contributed by atoms with E-state index in [1.165, 1.54) is 58.5 Å². The maximum Gasteiger partial charge on any atom is 0.242 e. The molecule has 0 spiro atoms. The van der Waals surface area contributed by atoms with Crippen molar-refractivity contribution in [3.05, 3.63) is 144 Å². The first-order valence-corrected chi connectivity index (χ1v) is 50.4. The molecule has 131 heavy (non-hydrogen) atoms. The van der Waals surface area contributed by atoms with Crippen molar-refractivity contribution in [2.75, 3.05) is 164 Å². The van der Waals surface area contributed by atoms with E-state index in [4.69, 9.17) is 21.9 Å². The highest BCUT2D eigenvalue weighted by Gasteiger charge is 2.34. The number of carbonyl (C=O) groups is 11. The number of benzene rings is 4. The summed E-state index contributed by atoms with van der Waals surface area (Å²) in [5.74, 6) is -5.53. The van der Waals surface area contributed by atoms with E-state index in [0.717, 1.165) is 183 Å². The third kappa shape index (κ3) is 52.2. The van der Waals surface area contributed by atoms with Crippen molar-refractivity contribution in [3.63, 3.8) is 0 Å². The number of unbranched alkanes of at least 4 members (excludes halogenated alkanes) is 28. The van der Waals surface area contributed by atoms with Crippen molar-refractivity contribution >= 4 is 65.0 Å². The molecule has 11 amide bonds. The fraction of sp³-hybridized carbons (Fsp3) is 0.667. The summed E-state index contributed by atoms with van der Waals surface area (Å²) in [5, 5.41) is 3.31. The Morgan fingerprint density at radius 2 is 0.466 bits per heavy atom. The first-order chi connectivity index (χ1) is 63.5. The monoisotopic (exact) mass is 1820 g/mol. The number of rotatable bonds is 79. The van der Waals surface area contributed by atoms with Crippen molar-refractivity contribution in [3.8, 4) is 0 Å². The van der Waals surface area contributed by atoms with Crippen LogP contribution in [0.2, 0.25) is 0 Å². The van der Waals surface area contributed by atoms with Crippen molar-refractivity contribution in [2.45, 2.75) is 292 Å². The van der Waals surface area contributed by atoms with Gasteiger partial charge in [0.15, 0.2) is 0 Å². The number of amides is 11. The summed E-state index contributed by atoms with van der Waals surface area (Å²) < 4.78 is 5.59. The number of nitrogens with two attached hydrogens (primary N) is 3. The standard InChI is InChI=1S/C105H172N14O12/c1-8-13-17-21-25-29-33-49-68-110(80-94(108)120)96(122)81-111(69-50-34-30-26-22-18-14-9-2)97(123)82-112(70-51-35-31-27-23-19-15-10-3)98(124)83-113(71-52-36-32-28-24-20-16-11-4)99(125)84-114(72-61-90-53-41-37-42-54-90)100(126)86-116(74-63-92-57-45-39-46-58-92)103(129)89-119(77-67-107)104(130)87-117(75-64-93-59-47-40-48-60-93)101(127)85-115(73-62-91-55-43-38-44-56-91)102(128)88-118(76-66-106)95(121)79-109-105(6,7)65-78-131-12-5/h37-48,53-60,109H,8-36,49-52,61-89,106-107H2,1-7H3,(H2,108,120). The molecule has 0 saturated heterocycles. The minimum absolute atomic E-state index is 0.0215. The van der Waals surface area contributed by atoms with Gasteiger partial charge in [-0.1, -0.05) is 329 Å². The van der Waals surface area contributed by atoms with Gasteiger partial charge >= 0.3 is 0 Å². The average molecular weight is 1820 g/mol. The average Bonchev–Trinajstić information content (AvgIpc) is 0.866. The second kappa shape index (κ2) is 71.5. The van der Waals surface area contributed by atoms with Gasteiger partial charge in [0.1, 0.15) is 0 Å². The minimum atomic E-state index is -0.639. The number of carbonyl (C=O) groups excluding carboxylic acids is 11. The van der Waals surface area contributed by atoms with E-state index in [1.807, 2.05) is 142 Å². The Labute approximate surface area is 788 Å². The molecule has 4 aromatic carbocycles. The summed E-state index contributed by atoms with van der Waals surface area (Å²) in [6, 6.07) is 38.1. The summed E-state index contributed by atoms with van der Waals surface area (Å²) in [6.45, 7) is 12.6. The SMILES string of the molecule is CCCCCCCCCCN(CC(N)=O)C(=O)CN(CCCCCCCCCC)C(=O)CN(CCCCCCCCCC)C(=O)CN(CCCCCCCCCC)C(=O)CN(CCc1ccccc1)C(=O)CN(CCc1ccccc1)C(=O)CN(CCN)C(=O)CN(CCc1ccccc1)C(=O)CN(CCc1ccccc1)C(=O)CN(CCN)C(=O)CNC(C)(C)CCOCC. The third-order valence-corrected chi connectivity index (χ3v) is 24.6. The zero-order valence-electron chi connectivity index (χ0n) is 82.0. The molecule has 0 radical (unpaired) electrons. The first kappa shape index (κ1) is 114. The molecule has 4 rings (SSSR count). The van der Waals surface area contributed by atoms with Crippen LogP contribution in [-0.2, 0) is 83.2 Å². The molecule has 0 aliphatic carbocycles. The van der Waals surface area contributed by atoms with Crippen LogP contribution in [0.15, 0.2) is 121 Å². The predicted octanol–water partition coefficient (Wildman–Crippen LogP) is 14.0. The van der Waals surface area contributed by atoms with E-state index in [0.29, 0.717) is 77.5 Å². The van der Waals surface area contributed by atoms with E-state index in [9.17, 15) is 19.2 Å². The number of hydrogen-bond donors (Lipinski definition) is 4. The number of primary amides is 1. The lowest BCUT2D eigenvalue weighted by molar-refractivity contribution is -0.149. The molecule has 7 N–H and O–H groups in total. The summed E-state index contributed by atoms with van der Waals surface area (Å²) in [5.41, 5.74) is 21.3. The number of ether oxygens (including phenoxy) is 1. The maximum absolute atomic E-state index is 15.7. The van der Waals surface area contributed by atoms with Crippen LogP contribution >= 0.6 is 0 Å². The fourth-order valence-corrected chi connectivity index (χ4v) is 16.2. The molecule has 734 valence electrons. The highest BCUT2D eigenvalue weighted by Crippen LogP contribution is 2.19. The lowest BCUT2D eigenvalue weighted by atomic mass is 10.0. The van der Waals surface area contributed by atoms with E-state index in [1.54, 1.807) is 9.80 Å². The minimum Gasteiger partial charge on any atom is -0.382 e. The van der Waals surface area contributed by atoms with Crippen LogP contribution in [0.5, 0.6) is 0 Å². The molecular weight excluding hydrogens is 1650 g/mol. The molecule has 4 aromatic rings. The van der Waals surface area contributed by atoms with Crippen LogP contribution in [0, 0.1) is 0 Å². The molecule has 0 aliphatic heterocycles. The summed E-state index contributed by atoms with van der Waals surface area (Å²) in [7, 11) is 0. The molecule has 0 fully saturated rings. The molecule has 26 nitrogen and oxygen atoms in total. The molecule has 26 heteroatoms. The smallest absolute Gasteiger partial charge is 0.242 e. The van der Waals surface area contributed by atoms with Crippen LogP contribution in [0.3, 0.4) is 0 Å². The van der Waals surface area contributed by atoms with Crippen LogP contribution in [0.4, 0.5) is 0 Å². The normalized spacial score (nSPS) is 11.3. The van der Waals surface area contributed by atoms with Gasteiger partial charge in [0.05, 0.1) is 72.0 Å². The molecular formula is C105H172N14O12. The summed E-state index contributed by atoms with van der Waals surface area (Å²) in [6.07, 6.45) is 34.1. The summed E-state index contributed by atoms with van der Waals surface area (Å²) in [4.78, 5) is 179. The molecule has 0 saturated carbocycles. The highest BCUT2D eigenvalue weighted by atomic mass is 16.5. The van der Waals surface area contributed by atoms with Gasteiger partial charge in [0.2, 0.25) is 65.0 Å². The third-order valence-electron chi connectivity index (χ3n) is 24.6. The van der Waals surface area contributed by atoms with Gasteiger partial charge in [0, 0.05) is 97.3 Å². The highest BCUT2D eigenvalue weighted by molar-refractivity contribution is 5.95. The van der Waals surface area contributed by atoms with Crippen molar-refractivity contribution in [1.82, 2.24) is 54.3 Å². The Morgan fingerprint density at radius 3 is 0.679 bits per heavy atom. The van der Waals surface area contributed by atoms with Gasteiger partial charge in [0.25, 0.3) is 0 Å². The Hall–Kier alpha value is -9.11. The van der Waals surface area contributed by atoms with Crippen molar-refractivity contribution in [1.29, 1.82) is 0 Å². The second-order valence-electron chi connectivity index (χ2n) is 36.2. The van der Waals surface area contributed by atoms with Crippen LogP contribution in [0.1, 0.15) is 283 Å². The van der Waals surface area contributed by atoms with Gasteiger partial charge in [-0.15, -0.1) is 0 Å². The Bertz CT molecular complexity index is 3770. The number of hydrogen-bond acceptors (Lipinski definition) is 15. The zero-order chi connectivity index (χ0) is 95.3. The van der Waals surface area contributed by atoms with Crippen LogP contribution in [-0.4, -0.2) is 283 Å². The van der Waals surface area contributed by atoms with Crippen LogP contribution in [0.25, 0.3) is 0 Å². The lowest BCUT2D eigenvalue weighted by Gasteiger charge is -2.33. The van der Waals surface area contributed by atoms with E-state index in [-0.39, 0.29) is 117 Å². The maximum atomic E-state index is 15.7. The Morgan fingerprint density at radius 1 is 0.267 bits per heavy atom. The topological polar surface area (TPSA) is 319 Å². The second-order valence-corrected chi connectivity index (χ2v) is 36.2. The zero-order valence-corrected chi connectivity index (χ0v) is 82.0. The van der Waals surface area contributed by atoms with Gasteiger partial charge in [-0.05, 0) is 101 Å². The first-order valence-electron chi connectivity index (χ1n) is 50.4. The van der Waals surface area contributed by atoms with E-state index in [2.05, 4.69) is 33.0 Å². The molecule has 0 atom stereocenters. The predicted molar refractivity (Wildman–Crippen MR) is 527 cm³/mol. The Balaban J connectivity index is 1.77. The summed E-state index contributed by atoms with van der Waals surface area (Å²) >= 11 is 0. The molecule has 0 unspecified atom stereocenters. The molecule has 0 bridgehead atoms. The van der Waals surface area contributed by atoms with Gasteiger partial charge in [-0.2, -0.15) is 0 Å². The lowest BCUT2D eigenvalue weighted by Crippen LogP contribution is -2.54. The van der Waals surface area contributed by atoms with Crippen LogP contribution < -0.4 is 22.5 Å². The number of nitrogens with zero attached hydrogens (tertiary/aromatic N) is 10. The van der Waals surface area contributed by atoms with Gasteiger partial charge in [-0.25, -0.2) is 0 Å². The largest absolute Gasteiger partial charge is 0.382 e.